The molecule has 1 heterocycles. The summed E-state index contributed by atoms with van der Waals surface area (Å²) in [6, 6.07) is 16.8. The van der Waals surface area contributed by atoms with Gasteiger partial charge in [0.15, 0.2) is 6.10 Å². The minimum Gasteiger partial charge on any atom is -0.481 e. The number of benzene rings is 2. The van der Waals surface area contributed by atoms with Crippen molar-refractivity contribution in [2.24, 2.45) is 0 Å². The Morgan fingerprint density at radius 3 is 2.80 bits per heavy atom. The molecule has 0 saturated carbocycles. The second kappa shape index (κ2) is 7.94. The maximum Gasteiger partial charge on any atom is 0.261 e. The SMILES string of the molecule is C[C@@H](Oc1ccccc1)C(=O)NCc1nc(-c2cccc(Br)c2)no1. The first kappa shape index (κ1) is 17.2. The van der Waals surface area contributed by atoms with Crippen LogP contribution < -0.4 is 10.1 Å². The molecular formula is C18H16BrN3O3. The van der Waals surface area contributed by atoms with Crippen LogP contribution in [-0.2, 0) is 11.3 Å². The Labute approximate surface area is 153 Å². The van der Waals surface area contributed by atoms with Crippen molar-refractivity contribution < 1.29 is 14.1 Å². The van der Waals surface area contributed by atoms with Crippen molar-refractivity contribution in [2.45, 2.75) is 19.6 Å². The van der Waals surface area contributed by atoms with E-state index in [1.807, 2.05) is 42.5 Å². The van der Waals surface area contributed by atoms with E-state index in [0.29, 0.717) is 17.5 Å². The number of rotatable bonds is 6. The zero-order valence-corrected chi connectivity index (χ0v) is 15.1. The Balaban J connectivity index is 1.56. The maximum atomic E-state index is 12.1. The molecule has 7 heteroatoms. The highest BCUT2D eigenvalue weighted by Crippen LogP contribution is 2.20. The van der Waals surface area contributed by atoms with Gasteiger partial charge in [0, 0.05) is 10.0 Å². The number of para-hydroxylation sites is 1. The molecule has 0 radical (unpaired) electrons. The van der Waals surface area contributed by atoms with E-state index in [1.54, 1.807) is 19.1 Å². The van der Waals surface area contributed by atoms with E-state index in [4.69, 9.17) is 9.26 Å². The van der Waals surface area contributed by atoms with Crippen molar-refractivity contribution in [3.8, 4) is 17.1 Å². The van der Waals surface area contributed by atoms with E-state index in [1.165, 1.54) is 0 Å². The topological polar surface area (TPSA) is 77.2 Å². The molecule has 1 atom stereocenters. The summed E-state index contributed by atoms with van der Waals surface area (Å²) < 4.78 is 11.7. The lowest BCUT2D eigenvalue weighted by Crippen LogP contribution is -2.35. The smallest absolute Gasteiger partial charge is 0.261 e. The molecule has 0 aliphatic heterocycles. The number of nitrogens with one attached hydrogen (secondary N) is 1. The van der Waals surface area contributed by atoms with E-state index in [-0.39, 0.29) is 12.5 Å². The second-order valence-electron chi connectivity index (χ2n) is 5.31. The predicted octanol–water partition coefficient (Wildman–Crippen LogP) is 3.58. The molecule has 1 amide bonds. The zero-order valence-electron chi connectivity index (χ0n) is 13.5. The number of hydrogen-bond acceptors (Lipinski definition) is 5. The van der Waals surface area contributed by atoms with Gasteiger partial charge in [-0.05, 0) is 31.2 Å². The van der Waals surface area contributed by atoms with Crippen LogP contribution in [0.2, 0.25) is 0 Å². The van der Waals surface area contributed by atoms with Gasteiger partial charge in [-0.15, -0.1) is 0 Å². The molecule has 1 N–H and O–H groups in total. The number of hydrogen-bond donors (Lipinski definition) is 1. The average molecular weight is 402 g/mol. The van der Waals surface area contributed by atoms with Crippen LogP contribution in [0, 0.1) is 0 Å². The summed E-state index contributed by atoms with van der Waals surface area (Å²) >= 11 is 3.40. The quantitative estimate of drug-likeness (QED) is 0.682. The van der Waals surface area contributed by atoms with Crippen LogP contribution in [0.3, 0.4) is 0 Å². The van der Waals surface area contributed by atoms with Crippen molar-refractivity contribution in [3.05, 3.63) is 65.0 Å². The number of carbonyl (C=O) groups excluding carboxylic acids is 1. The average Bonchev–Trinajstić information content (AvgIpc) is 3.09. The Morgan fingerprint density at radius 1 is 1.24 bits per heavy atom. The van der Waals surface area contributed by atoms with Gasteiger partial charge >= 0.3 is 0 Å². The highest BCUT2D eigenvalue weighted by atomic mass is 79.9. The number of carbonyl (C=O) groups is 1. The summed E-state index contributed by atoms with van der Waals surface area (Å²) in [5.41, 5.74) is 0.830. The fourth-order valence-corrected chi connectivity index (χ4v) is 2.53. The van der Waals surface area contributed by atoms with Gasteiger partial charge in [-0.1, -0.05) is 51.4 Å². The maximum absolute atomic E-state index is 12.1. The molecule has 3 rings (SSSR count). The van der Waals surface area contributed by atoms with Gasteiger partial charge < -0.3 is 14.6 Å². The third kappa shape index (κ3) is 4.67. The molecule has 128 valence electrons. The minimum atomic E-state index is -0.630. The van der Waals surface area contributed by atoms with Gasteiger partial charge in [0.25, 0.3) is 5.91 Å². The predicted molar refractivity (Wildman–Crippen MR) is 95.8 cm³/mol. The normalized spacial score (nSPS) is 11.8. The van der Waals surface area contributed by atoms with Crippen molar-refractivity contribution in [1.82, 2.24) is 15.5 Å². The molecule has 0 aliphatic carbocycles. The van der Waals surface area contributed by atoms with E-state index in [0.717, 1.165) is 10.0 Å². The summed E-state index contributed by atoms with van der Waals surface area (Å²) in [6.07, 6.45) is -0.630. The Morgan fingerprint density at radius 2 is 2.04 bits per heavy atom. The molecular weight excluding hydrogens is 386 g/mol. The number of amides is 1. The number of nitrogens with zero attached hydrogens (tertiary/aromatic N) is 2. The lowest BCUT2D eigenvalue weighted by atomic mass is 10.2. The van der Waals surface area contributed by atoms with E-state index >= 15 is 0 Å². The standard InChI is InChI=1S/C18H16BrN3O3/c1-12(24-15-8-3-2-4-9-15)18(23)20-11-16-21-17(22-25-16)13-6-5-7-14(19)10-13/h2-10,12H,11H2,1H3,(H,20,23)/t12-/m1/s1. The largest absolute Gasteiger partial charge is 0.481 e. The molecule has 0 unspecified atom stereocenters. The first-order chi connectivity index (χ1) is 12.1. The summed E-state index contributed by atoms with van der Waals surface area (Å²) in [4.78, 5) is 16.4. The van der Waals surface area contributed by atoms with Crippen molar-refractivity contribution in [3.63, 3.8) is 0 Å². The Bertz CT molecular complexity index is 852. The first-order valence-electron chi connectivity index (χ1n) is 7.70. The second-order valence-corrected chi connectivity index (χ2v) is 6.23. The Hall–Kier alpha value is -2.67. The highest BCUT2D eigenvalue weighted by molar-refractivity contribution is 9.10. The van der Waals surface area contributed by atoms with Crippen LogP contribution in [0.25, 0.3) is 11.4 Å². The van der Waals surface area contributed by atoms with Crippen LogP contribution in [0.1, 0.15) is 12.8 Å². The number of ether oxygens (including phenoxy) is 1. The zero-order chi connectivity index (χ0) is 17.6. The molecule has 0 spiro atoms. The minimum absolute atomic E-state index is 0.141. The lowest BCUT2D eigenvalue weighted by molar-refractivity contribution is -0.127. The molecule has 3 aromatic rings. The third-order valence-corrected chi connectivity index (χ3v) is 3.88. The molecule has 0 saturated heterocycles. The molecule has 6 nitrogen and oxygen atoms in total. The molecule has 1 aromatic heterocycles. The fraction of sp³-hybridized carbons (Fsp3) is 0.167. The van der Waals surface area contributed by atoms with Gasteiger partial charge in [0.2, 0.25) is 11.7 Å². The number of aromatic nitrogens is 2. The van der Waals surface area contributed by atoms with Gasteiger partial charge in [0.05, 0.1) is 6.54 Å². The monoisotopic (exact) mass is 401 g/mol. The van der Waals surface area contributed by atoms with Crippen molar-refractivity contribution >= 4 is 21.8 Å². The van der Waals surface area contributed by atoms with Crippen molar-refractivity contribution in [2.75, 3.05) is 0 Å². The van der Waals surface area contributed by atoms with Gasteiger partial charge in [0.1, 0.15) is 5.75 Å². The van der Waals surface area contributed by atoms with E-state index in [9.17, 15) is 4.79 Å². The van der Waals surface area contributed by atoms with E-state index < -0.39 is 6.10 Å². The molecule has 25 heavy (non-hydrogen) atoms. The summed E-state index contributed by atoms with van der Waals surface area (Å²) in [5, 5.41) is 6.65. The molecule has 2 aromatic carbocycles. The van der Waals surface area contributed by atoms with Crippen LogP contribution in [-0.4, -0.2) is 22.2 Å². The Kier molecular flexibility index (Phi) is 5.45. The van der Waals surface area contributed by atoms with Crippen LogP contribution in [0.5, 0.6) is 5.75 Å². The summed E-state index contributed by atoms with van der Waals surface area (Å²) in [7, 11) is 0. The molecule has 0 fully saturated rings. The van der Waals surface area contributed by atoms with Crippen LogP contribution >= 0.6 is 15.9 Å². The van der Waals surface area contributed by atoms with E-state index in [2.05, 4.69) is 31.4 Å². The van der Waals surface area contributed by atoms with Crippen molar-refractivity contribution in [1.29, 1.82) is 0 Å². The van der Waals surface area contributed by atoms with Gasteiger partial charge in [-0.3, -0.25) is 4.79 Å². The lowest BCUT2D eigenvalue weighted by Gasteiger charge is -2.13. The molecule has 0 bridgehead atoms. The number of halogens is 1. The first-order valence-corrected chi connectivity index (χ1v) is 8.49. The highest BCUT2D eigenvalue weighted by Gasteiger charge is 2.16. The molecule has 0 aliphatic rings. The summed E-state index contributed by atoms with van der Waals surface area (Å²) in [5.74, 6) is 1.18. The van der Waals surface area contributed by atoms with Crippen LogP contribution in [0.4, 0.5) is 0 Å². The fourth-order valence-electron chi connectivity index (χ4n) is 2.13. The third-order valence-electron chi connectivity index (χ3n) is 3.39. The van der Waals surface area contributed by atoms with Gasteiger partial charge in [-0.2, -0.15) is 4.98 Å². The van der Waals surface area contributed by atoms with Crippen LogP contribution in [0.15, 0.2) is 63.6 Å². The summed E-state index contributed by atoms with van der Waals surface area (Å²) in [6.45, 7) is 1.82. The van der Waals surface area contributed by atoms with Gasteiger partial charge in [-0.25, -0.2) is 0 Å².